The molecule has 6 nitrogen and oxygen atoms in total. The number of nitrogens with zero attached hydrogens (tertiary/aromatic N) is 2. The number of anilines is 1. The zero-order valence-corrected chi connectivity index (χ0v) is 11.9. The van der Waals surface area contributed by atoms with Crippen LogP contribution in [0.4, 0.5) is 5.95 Å². The average Bonchev–Trinajstić information content (AvgIpc) is 2.86. The molecule has 6 heteroatoms. The molecule has 110 valence electrons. The first kappa shape index (κ1) is 13.6. The van der Waals surface area contributed by atoms with E-state index in [4.69, 9.17) is 4.74 Å². The number of ether oxygens (including phenoxy) is 1. The minimum absolute atomic E-state index is 0.0425. The second-order valence-electron chi connectivity index (χ2n) is 5.16. The molecule has 1 heterocycles. The molecule has 1 aliphatic rings. The molecule has 0 aliphatic heterocycles. The number of carbonyl (C=O) groups excluding carboxylic acids is 1. The summed E-state index contributed by atoms with van der Waals surface area (Å²) >= 11 is 0. The summed E-state index contributed by atoms with van der Waals surface area (Å²) in [6.07, 6.45) is 2.77. The van der Waals surface area contributed by atoms with Crippen molar-refractivity contribution >= 4 is 11.9 Å². The number of amides is 1. The summed E-state index contributed by atoms with van der Waals surface area (Å²) in [5.41, 5.74) is 0.609. The van der Waals surface area contributed by atoms with E-state index in [1.807, 2.05) is 37.3 Å². The second kappa shape index (κ2) is 5.55. The van der Waals surface area contributed by atoms with Crippen LogP contribution in [0.3, 0.4) is 0 Å². The summed E-state index contributed by atoms with van der Waals surface area (Å²) in [6.45, 7) is 2.34. The molecule has 1 aromatic heterocycles. The number of benzene rings is 1. The molecule has 2 aromatic rings. The molecule has 1 aromatic carbocycles. The van der Waals surface area contributed by atoms with E-state index in [0.29, 0.717) is 12.6 Å². The monoisotopic (exact) mass is 286 g/mol. The fourth-order valence-electron chi connectivity index (χ4n) is 2.66. The van der Waals surface area contributed by atoms with Crippen molar-refractivity contribution < 1.29 is 9.53 Å². The predicted octanol–water partition coefficient (Wildman–Crippen LogP) is 2.26. The zero-order valence-electron chi connectivity index (χ0n) is 11.9. The van der Waals surface area contributed by atoms with Gasteiger partial charge in [-0.1, -0.05) is 36.8 Å². The lowest BCUT2D eigenvalue weighted by Gasteiger charge is -2.40. The maximum Gasteiger partial charge on any atom is 0.337 e. The largest absolute Gasteiger partial charge is 0.463 e. The first-order valence-corrected chi connectivity index (χ1v) is 7.17. The highest BCUT2D eigenvalue weighted by Crippen LogP contribution is 2.44. The molecule has 2 N–H and O–H groups in total. The standard InChI is InChI=1S/C15H18N4O2/c1-2-21-14-17-13(18-19-14)16-12(20)15(9-6-10-15)11-7-4-3-5-8-11/h3-5,7-8H,2,6,9-10H2,1H3,(H2,16,17,18,19,20). The Hall–Kier alpha value is -2.37. The van der Waals surface area contributed by atoms with E-state index in [-0.39, 0.29) is 11.9 Å². The quantitative estimate of drug-likeness (QED) is 0.883. The van der Waals surface area contributed by atoms with Crippen molar-refractivity contribution in [1.82, 2.24) is 15.2 Å². The third kappa shape index (κ3) is 2.49. The molecule has 1 fully saturated rings. The van der Waals surface area contributed by atoms with Crippen molar-refractivity contribution in [2.45, 2.75) is 31.6 Å². The lowest BCUT2D eigenvalue weighted by molar-refractivity contribution is -0.124. The second-order valence-corrected chi connectivity index (χ2v) is 5.16. The molecule has 0 unspecified atom stereocenters. The van der Waals surface area contributed by atoms with E-state index >= 15 is 0 Å². The van der Waals surface area contributed by atoms with Gasteiger partial charge in [0.2, 0.25) is 11.9 Å². The number of aromatic nitrogens is 3. The maximum atomic E-state index is 12.6. The van der Waals surface area contributed by atoms with Gasteiger partial charge in [-0.3, -0.25) is 10.1 Å². The topological polar surface area (TPSA) is 79.9 Å². The van der Waals surface area contributed by atoms with Crippen LogP contribution in [0.15, 0.2) is 30.3 Å². The van der Waals surface area contributed by atoms with Crippen molar-refractivity contribution in [2.75, 3.05) is 11.9 Å². The van der Waals surface area contributed by atoms with E-state index in [0.717, 1.165) is 24.8 Å². The van der Waals surface area contributed by atoms with Gasteiger partial charge in [0, 0.05) is 0 Å². The van der Waals surface area contributed by atoms with Crippen LogP contribution in [0.2, 0.25) is 0 Å². The van der Waals surface area contributed by atoms with Crippen molar-refractivity contribution in [3.8, 4) is 6.01 Å². The molecule has 0 saturated heterocycles. The van der Waals surface area contributed by atoms with Crippen LogP contribution in [0, 0.1) is 0 Å². The van der Waals surface area contributed by atoms with Crippen molar-refractivity contribution in [3.05, 3.63) is 35.9 Å². The Bertz CT molecular complexity index is 620. The summed E-state index contributed by atoms with van der Waals surface area (Å²) in [5, 5.41) is 9.37. The van der Waals surface area contributed by atoms with E-state index in [1.165, 1.54) is 0 Å². The third-order valence-electron chi connectivity index (χ3n) is 3.94. The summed E-state index contributed by atoms with van der Waals surface area (Å²) in [6, 6.07) is 10.1. The van der Waals surface area contributed by atoms with Crippen LogP contribution in [0.1, 0.15) is 31.7 Å². The number of aromatic amines is 1. The van der Waals surface area contributed by atoms with E-state index < -0.39 is 5.41 Å². The van der Waals surface area contributed by atoms with Crippen LogP contribution < -0.4 is 10.1 Å². The summed E-state index contributed by atoms with van der Waals surface area (Å²) in [4.78, 5) is 16.7. The summed E-state index contributed by atoms with van der Waals surface area (Å²) < 4.78 is 5.17. The highest BCUT2D eigenvalue weighted by Gasteiger charge is 2.45. The lowest BCUT2D eigenvalue weighted by Crippen LogP contribution is -2.46. The lowest BCUT2D eigenvalue weighted by atomic mass is 9.64. The van der Waals surface area contributed by atoms with Crippen LogP contribution >= 0.6 is 0 Å². The molecule has 0 spiro atoms. The molecular weight excluding hydrogens is 268 g/mol. The third-order valence-corrected chi connectivity index (χ3v) is 3.94. The van der Waals surface area contributed by atoms with Gasteiger partial charge < -0.3 is 4.74 Å². The number of hydrogen-bond acceptors (Lipinski definition) is 4. The van der Waals surface area contributed by atoms with Gasteiger partial charge in [-0.15, -0.1) is 5.10 Å². The zero-order chi connectivity index (χ0) is 14.7. The fourth-order valence-corrected chi connectivity index (χ4v) is 2.66. The summed E-state index contributed by atoms with van der Waals surface area (Å²) in [7, 11) is 0. The van der Waals surface area contributed by atoms with Crippen molar-refractivity contribution in [1.29, 1.82) is 0 Å². The number of rotatable bonds is 5. The number of carbonyl (C=O) groups is 1. The van der Waals surface area contributed by atoms with Crippen LogP contribution in [0.5, 0.6) is 6.01 Å². The summed E-state index contributed by atoms with van der Waals surface area (Å²) in [5.74, 6) is 0.282. The molecule has 0 bridgehead atoms. The number of hydrogen-bond donors (Lipinski definition) is 2. The fraction of sp³-hybridized carbons (Fsp3) is 0.400. The Morgan fingerprint density at radius 3 is 2.76 bits per heavy atom. The first-order chi connectivity index (χ1) is 10.2. The Labute approximate surface area is 122 Å². The Balaban J connectivity index is 1.77. The molecule has 1 aliphatic carbocycles. The van der Waals surface area contributed by atoms with E-state index in [1.54, 1.807) is 0 Å². The number of nitrogens with one attached hydrogen (secondary N) is 2. The van der Waals surface area contributed by atoms with Crippen LogP contribution in [-0.4, -0.2) is 27.7 Å². The molecule has 1 saturated carbocycles. The molecule has 1 amide bonds. The minimum atomic E-state index is -0.445. The van der Waals surface area contributed by atoms with Crippen molar-refractivity contribution in [3.63, 3.8) is 0 Å². The molecule has 0 radical (unpaired) electrons. The van der Waals surface area contributed by atoms with Crippen LogP contribution in [0.25, 0.3) is 0 Å². The highest BCUT2D eigenvalue weighted by atomic mass is 16.5. The average molecular weight is 286 g/mol. The smallest absolute Gasteiger partial charge is 0.337 e. The van der Waals surface area contributed by atoms with Gasteiger partial charge in [0.05, 0.1) is 12.0 Å². The Kier molecular flexibility index (Phi) is 3.60. The molecule has 0 atom stereocenters. The molecule has 21 heavy (non-hydrogen) atoms. The van der Waals surface area contributed by atoms with Gasteiger partial charge in [-0.2, -0.15) is 4.98 Å². The van der Waals surface area contributed by atoms with Gasteiger partial charge in [-0.25, -0.2) is 5.10 Å². The SMILES string of the molecule is CCOc1n[nH]c(NC(=O)C2(c3ccccc3)CCC2)n1. The molecular formula is C15H18N4O2. The predicted molar refractivity (Wildman–Crippen MR) is 78.2 cm³/mol. The van der Waals surface area contributed by atoms with Gasteiger partial charge in [0.25, 0.3) is 0 Å². The highest BCUT2D eigenvalue weighted by molar-refractivity contribution is 5.98. The Morgan fingerprint density at radius 2 is 2.14 bits per heavy atom. The van der Waals surface area contributed by atoms with E-state index in [9.17, 15) is 4.79 Å². The number of H-pyrrole nitrogens is 1. The van der Waals surface area contributed by atoms with Gasteiger partial charge in [-0.05, 0) is 25.3 Å². The van der Waals surface area contributed by atoms with Gasteiger partial charge >= 0.3 is 6.01 Å². The van der Waals surface area contributed by atoms with Crippen molar-refractivity contribution in [2.24, 2.45) is 0 Å². The van der Waals surface area contributed by atoms with Crippen LogP contribution in [-0.2, 0) is 10.2 Å². The first-order valence-electron chi connectivity index (χ1n) is 7.17. The van der Waals surface area contributed by atoms with Gasteiger partial charge in [0.1, 0.15) is 0 Å². The maximum absolute atomic E-state index is 12.6. The Morgan fingerprint density at radius 1 is 1.38 bits per heavy atom. The normalized spacial score (nSPS) is 16.0. The minimum Gasteiger partial charge on any atom is -0.463 e. The van der Waals surface area contributed by atoms with E-state index in [2.05, 4.69) is 20.5 Å². The van der Waals surface area contributed by atoms with Gasteiger partial charge in [0.15, 0.2) is 0 Å². The molecule has 3 rings (SSSR count).